The second-order valence-electron chi connectivity index (χ2n) is 6.95. The van der Waals surface area contributed by atoms with Gasteiger partial charge in [0.1, 0.15) is 15.0 Å². The van der Waals surface area contributed by atoms with Gasteiger partial charge < -0.3 is 10.6 Å². The molecule has 8 heteroatoms. The van der Waals surface area contributed by atoms with Crippen LogP contribution < -0.4 is 5.73 Å². The first kappa shape index (κ1) is 17.9. The molecule has 1 saturated heterocycles. The van der Waals surface area contributed by atoms with Gasteiger partial charge in [-0.2, -0.15) is 0 Å². The molecule has 1 aromatic carbocycles. The number of likely N-dealkylation sites (tertiary alicyclic amines) is 1. The number of hydrogen-bond acceptors (Lipinski definition) is 5. The minimum absolute atomic E-state index is 0.0715. The van der Waals surface area contributed by atoms with Crippen LogP contribution in [0.4, 0.5) is 5.82 Å². The molecule has 5 rings (SSSR count). The predicted octanol–water partition coefficient (Wildman–Crippen LogP) is 4.50. The maximum Gasteiger partial charge on any atom is 0.255 e. The number of thiophene rings is 1. The predicted molar refractivity (Wildman–Crippen MR) is 120 cm³/mol. The first-order valence-electron chi connectivity index (χ1n) is 9.20. The van der Waals surface area contributed by atoms with Crippen molar-refractivity contribution in [1.29, 1.82) is 0 Å². The maximum absolute atomic E-state index is 13.5. The Hall–Kier alpha value is -2.20. The van der Waals surface area contributed by atoms with E-state index in [2.05, 4.69) is 33.6 Å². The smallest absolute Gasteiger partial charge is 0.255 e. The van der Waals surface area contributed by atoms with Gasteiger partial charge in [-0.05, 0) is 47.9 Å². The summed E-state index contributed by atoms with van der Waals surface area (Å²) in [6.07, 6.45) is 6.54. The van der Waals surface area contributed by atoms with Gasteiger partial charge in [0.05, 0.1) is 11.6 Å². The Labute approximate surface area is 179 Å². The number of anilines is 1. The molecule has 0 bridgehead atoms. The quantitative estimate of drug-likeness (QED) is 0.409. The average molecular weight is 503 g/mol. The summed E-state index contributed by atoms with van der Waals surface area (Å²) in [5, 5.41) is 3.01. The van der Waals surface area contributed by atoms with Crippen molar-refractivity contribution in [1.82, 2.24) is 19.3 Å². The van der Waals surface area contributed by atoms with Gasteiger partial charge in [0.15, 0.2) is 5.82 Å². The third-order valence-corrected chi connectivity index (χ3v) is 7.06. The zero-order valence-electron chi connectivity index (χ0n) is 15.0. The molecule has 0 spiro atoms. The summed E-state index contributed by atoms with van der Waals surface area (Å²) >= 11 is 3.81. The van der Waals surface area contributed by atoms with Gasteiger partial charge in [-0.3, -0.25) is 9.20 Å². The normalized spacial score (nSPS) is 17.5. The van der Waals surface area contributed by atoms with E-state index in [0.29, 0.717) is 5.82 Å². The second-order valence-corrected chi connectivity index (χ2v) is 8.88. The number of imidazole rings is 1. The van der Waals surface area contributed by atoms with Crippen LogP contribution in [0.3, 0.4) is 0 Å². The lowest BCUT2D eigenvalue weighted by atomic mass is 10.00. The number of nitrogen functional groups attached to an aromatic ring is 1. The molecule has 0 aliphatic carbocycles. The molecule has 1 atom stereocenters. The molecule has 142 valence electrons. The molecule has 2 N–H and O–H groups in total. The Bertz CT molecular complexity index is 1200. The van der Waals surface area contributed by atoms with Gasteiger partial charge >= 0.3 is 0 Å². The van der Waals surface area contributed by atoms with Gasteiger partial charge in [-0.1, -0.05) is 18.2 Å². The Morgan fingerprint density at radius 3 is 3.04 bits per heavy atom. The fourth-order valence-corrected chi connectivity index (χ4v) is 5.74. The molecule has 1 unspecified atom stereocenters. The van der Waals surface area contributed by atoms with Gasteiger partial charge in [0.25, 0.3) is 5.91 Å². The van der Waals surface area contributed by atoms with E-state index in [1.165, 1.54) is 0 Å². The summed E-state index contributed by atoms with van der Waals surface area (Å²) in [7, 11) is 0. The summed E-state index contributed by atoms with van der Waals surface area (Å²) in [6, 6.07) is 8.01. The molecule has 6 nitrogen and oxygen atoms in total. The fraction of sp³-hybridized carbons (Fsp3) is 0.250. The van der Waals surface area contributed by atoms with Crippen LogP contribution in [0.5, 0.6) is 0 Å². The van der Waals surface area contributed by atoms with E-state index in [0.717, 1.165) is 56.5 Å². The number of piperidine rings is 1. The molecule has 0 radical (unpaired) electrons. The van der Waals surface area contributed by atoms with Gasteiger partial charge in [-0.25, -0.2) is 9.97 Å². The highest BCUT2D eigenvalue weighted by Crippen LogP contribution is 2.35. The summed E-state index contributed by atoms with van der Waals surface area (Å²) in [4.78, 5) is 24.5. The number of rotatable bonds is 2. The SMILES string of the molecule is Nc1nccn2c(C3CCCCN3C(=O)c3csc4ccccc34)nc(I)c12. The Balaban J connectivity index is 1.60. The third-order valence-electron chi connectivity index (χ3n) is 5.34. The maximum atomic E-state index is 13.5. The highest BCUT2D eigenvalue weighted by atomic mass is 127. The van der Waals surface area contributed by atoms with E-state index < -0.39 is 0 Å². The standard InChI is InChI=1S/C20H18IN5OS/c21-17-16-18(22)23-8-10-26(16)19(24-17)14-6-3-4-9-25(14)20(27)13-11-28-15-7-2-1-5-12(13)15/h1-2,5,7-8,10-11,14H,3-4,6,9H2,(H2,22,23). The monoisotopic (exact) mass is 503 g/mol. The third kappa shape index (κ3) is 2.77. The molecule has 28 heavy (non-hydrogen) atoms. The Kier molecular flexibility index (Phi) is 4.47. The highest BCUT2D eigenvalue weighted by Gasteiger charge is 2.33. The summed E-state index contributed by atoms with van der Waals surface area (Å²) in [5.74, 6) is 1.40. The zero-order valence-corrected chi connectivity index (χ0v) is 18.0. The Morgan fingerprint density at radius 2 is 2.14 bits per heavy atom. The van der Waals surface area contributed by atoms with Crippen LogP contribution in [0.2, 0.25) is 0 Å². The van der Waals surface area contributed by atoms with Gasteiger partial charge in [-0.15, -0.1) is 11.3 Å². The number of carbonyl (C=O) groups excluding carboxylic acids is 1. The number of halogens is 1. The van der Waals surface area contributed by atoms with Crippen molar-refractivity contribution in [2.75, 3.05) is 12.3 Å². The van der Waals surface area contributed by atoms with Crippen LogP contribution in [0.1, 0.15) is 41.5 Å². The number of fused-ring (bicyclic) bond motifs is 2. The van der Waals surface area contributed by atoms with E-state index in [9.17, 15) is 4.79 Å². The van der Waals surface area contributed by atoms with Crippen LogP contribution in [-0.2, 0) is 0 Å². The van der Waals surface area contributed by atoms with E-state index in [1.807, 2.05) is 39.1 Å². The number of hydrogen-bond donors (Lipinski definition) is 1. The largest absolute Gasteiger partial charge is 0.382 e. The summed E-state index contributed by atoms with van der Waals surface area (Å²) in [5.41, 5.74) is 7.68. The topological polar surface area (TPSA) is 76.5 Å². The molecular formula is C20H18IN5OS. The number of nitrogens with zero attached hydrogens (tertiary/aromatic N) is 4. The van der Waals surface area contributed by atoms with Crippen LogP contribution in [-0.4, -0.2) is 31.7 Å². The molecule has 4 heterocycles. The summed E-state index contributed by atoms with van der Waals surface area (Å²) < 4.78 is 3.95. The van der Waals surface area contributed by atoms with Crippen molar-refractivity contribution in [3.05, 3.63) is 57.1 Å². The van der Waals surface area contributed by atoms with Crippen LogP contribution in [0, 0.1) is 3.70 Å². The van der Waals surface area contributed by atoms with Crippen LogP contribution >= 0.6 is 33.9 Å². The molecule has 1 aliphatic rings. The van der Waals surface area contributed by atoms with Crippen molar-refractivity contribution >= 4 is 61.3 Å². The van der Waals surface area contributed by atoms with Crippen molar-refractivity contribution in [3.8, 4) is 0 Å². The van der Waals surface area contributed by atoms with E-state index in [1.54, 1.807) is 17.5 Å². The average Bonchev–Trinajstić information content (AvgIpc) is 3.30. The van der Waals surface area contributed by atoms with Crippen molar-refractivity contribution in [3.63, 3.8) is 0 Å². The lowest BCUT2D eigenvalue weighted by molar-refractivity contribution is 0.0601. The van der Waals surface area contributed by atoms with E-state index >= 15 is 0 Å². The molecule has 3 aromatic heterocycles. The minimum Gasteiger partial charge on any atom is -0.382 e. The van der Waals surface area contributed by atoms with Gasteiger partial charge in [0.2, 0.25) is 0 Å². The van der Waals surface area contributed by atoms with Crippen LogP contribution in [0.25, 0.3) is 15.6 Å². The van der Waals surface area contributed by atoms with Crippen molar-refractivity contribution < 1.29 is 4.79 Å². The molecule has 0 saturated carbocycles. The highest BCUT2D eigenvalue weighted by molar-refractivity contribution is 14.1. The van der Waals surface area contributed by atoms with Gasteiger partial charge in [0, 0.05) is 34.4 Å². The molecule has 4 aromatic rings. The lowest BCUT2D eigenvalue weighted by Gasteiger charge is -2.35. The fourth-order valence-electron chi connectivity index (χ4n) is 4.02. The Morgan fingerprint density at radius 1 is 1.29 bits per heavy atom. The zero-order chi connectivity index (χ0) is 19.3. The molecular weight excluding hydrogens is 485 g/mol. The van der Waals surface area contributed by atoms with E-state index in [4.69, 9.17) is 10.7 Å². The number of benzene rings is 1. The van der Waals surface area contributed by atoms with Crippen molar-refractivity contribution in [2.24, 2.45) is 0 Å². The number of nitrogens with two attached hydrogens (primary N) is 1. The molecule has 1 aliphatic heterocycles. The second kappa shape index (κ2) is 7.00. The summed E-state index contributed by atoms with van der Waals surface area (Å²) in [6.45, 7) is 0.736. The number of aromatic nitrogens is 3. The van der Waals surface area contributed by atoms with Crippen molar-refractivity contribution in [2.45, 2.75) is 25.3 Å². The van der Waals surface area contributed by atoms with Crippen LogP contribution in [0.15, 0.2) is 42.0 Å². The number of amides is 1. The molecule has 1 fully saturated rings. The first-order chi connectivity index (χ1) is 13.6. The number of carbonyl (C=O) groups is 1. The first-order valence-corrected chi connectivity index (χ1v) is 11.2. The van der Waals surface area contributed by atoms with E-state index in [-0.39, 0.29) is 11.9 Å². The molecule has 1 amide bonds. The lowest BCUT2D eigenvalue weighted by Crippen LogP contribution is -2.39. The minimum atomic E-state index is -0.0715.